The minimum Gasteiger partial charge on any atom is -0.497 e. The van der Waals surface area contributed by atoms with Gasteiger partial charge in [-0.25, -0.2) is 4.98 Å². The quantitative estimate of drug-likeness (QED) is 0.406. The van der Waals surface area contributed by atoms with Crippen LogP contribution in [0, 0.1) is 12.8 Å². The normalized spacial score (nSPS) is 21.4. The Morgan fingerprint density at radius 3 is 2.55 bits per heavy atom. The van der Waals surface area contributed by atoms with Crippen LogP contribution in [-0.4, -0.2) is 59.7 Å². The van der Waals surface area contributed by atoms with E-state index in [1.807, 2.05) is 35.2 Å². The van der Waals surface area contributed by atoms with Crippen molar-refractivity contribution >= 4 is 11.8 Å². The first-order chi connectivity index (χ1) is 18.5. The van der Waals surface area contributed by atoms with E-state index in [4.69, 9.17) is 9.47 Å². The summed E-state index contributed by atoms with van der Waals surface area (Å²) in [4.78, 5) is 35.9. The Balaban J connectivity index is 1.36. The van der Waals surface area contributed by atoms with Gasteiger partial charge < -0.3 is 24.7 Å². The average molecular weight is 517 g/mol. The SMILES string of the molecule is COc1ccc(C[C@@H](NC(=O)CCc2c[nH]cn2)C(=O)N2CC(c3ccccc3C)(C3CC3)C2OC)cc1. The number of methoxy groups -OCH3 is 2. The van der Waals surface area contributed by atoms with Crippen LogP contribution in [0.15, 0.2) is 61.1 Å². The standard InChI is InChI=1S/C30H36N4O4/c1-20-6-4-5-7-25(20)30(22-10-11-22)18-34(29(30)38-3)28(36)26(16-21-8-13-24(37-2)14-9-21)33-27(35)15-12-23-17-31-19-32-23/h4-9,13-14,17,19,22,26,29H,10-12,15-16,18H2,1-3H3,(H,31,32)(H,33,35)/t26-,29?,30?/m1/s1. The van der Waals surface area contributed by atoms with Gasteiger partial charge in [0.25, 0.3) is 0 Å². The Morgan fingerprint density at radius 1 is 1.16 bits per heavy atom. The van der Waals surface area contributed by atoms with Crippen molar-refractivity contribution in [2.24, 2.45) is 5.92 Å². The van der Waals surface area contributed by atoms with E-state index in [0.29, 0.717) is 25.3 Å². The number of hydrogen-bond donors (Lipinski definition) is 2. The maximum Gasteiger partial charge on any atom is 0.247 e. The van der Waals surface area contributed by atoms with Gasteiger partial charge in [0.15, 0.2) is 0 Å². The molecule has 5 rings (SSSR count). The van der Waals surface area contributed by atoms with E-state index >= 15 is 0 Å². The van der Waals surface area contributed by atoms with Gasteiger partial charge in [-0.2, -0.15) is 0 Å². The molecule has 2 aromatic carbocycles. The Labute approximate surface area is 223 Å². The lowest BCUT2D eigenvalue weighted by Gasteiger charge is -2.58. The minimum atomic E-state index is -0.707. The minimum absolute atomic E-state index is 0.120. The van der Waals surface area contributed by atoms with E-state index in [0.717, 1.165) is 29.8 Å². The first-order valence-corrected chi connectivity index (χ1v) is 13.3. The molecule has 1 saturated carbocycles. The first-order valence-electron chi connectivity index (χ1n) is 13.3. The van der Waals surface area contributed by atoms with Crippen molar-refractivity contribution in [2.75, 3.05) is 20.8 Å². The number of aromatic nitrogens is 2. The first kappa shape index (κ1) is 26.0. The molecule has 1 aliphatic carbocycles. The van der Waals surface area contributed by atoms with Crippen molar-refractivity contribution in [3.8, 4) is 5.75 Å². The molecule has 0 radical (unpaired) electrons. The number of nitrogens with one attached hydrogen (secondary N) is 2. The molecule has 200 valence electrons. The topological polar surface area (TPSA) is 96.5 Å². The summed E-state index contributed by atoms with van der Waals surface area (Å²) in [6.07, 6.45) is 6.40. The summed E-state index contributed by atoms with van der Waals surface area (Å²) in [6, 6.07) is 15.3. The molecule has 2 N–H and O–H groups in total. The highest BCUT2D eigenvalue weighted by Crippen LogP contribution is 2.57. The van der Waals surface area contributed by atoms with Gasteiger partial charge in [0.05, 0.1) is 24.5 Å². The van der Waals surface area contributed by atoms with Crippen LogP contribution in [0.5, 0.6) is 5.75 Å². The number of carbonyl (C=O) groups excluding carboxylic acids is 2. The molecule has 3 atom stereocenters. The fourth-order valence-corrected chi connectivity index (χ4v) is 5.94. The molecule has 38 heavy (non-hydrogen) atoms. The highest BCUT2D eigenvalue weighted by Gasteiger charge is 2.63. The molecule has 1 aromatic heterocycles. The lowest BCUT2D eigenvalue weighted by Crippen LogP contribution is -2.73. The third kappa shape index (κ3) is 5.05. The second kappa shape index (κ2) is 11.0. The van der Waals surface area contributed by atoms with E-state index in [1.165, 1.54) is 11.1 Å². The van der Waals surface area contributed by atoms with Gasteiger partial charge in [-0.05, 0) is 60.9 Å². The van der Waals surface area contributed by atoms with Crippen molar-refractivity contribution in [3.05, 3.63) is 83.4 Å². The van der Waals surface area contributed by atoms with Crippen LogP contribution in [0.1, 0.15) is 41.6 Å². The number of imidazole rings is 1. The summed E-state index contributed by atoms with van der Waals surface area (Å²) >= 11 is 0. The third-order valence-corrected chi connectivity index (χ3v) is 8.01. The van der Waals surface area contributed by atoms with Gasteiger partial charge in [-0.15, -0.1) is 0 Å². The average Bonchev–Trinajstić information content (AvgIpc) is 3.62. The largest absolute Gasteiger partial charge is 0.497 e. The van der Waals surface area contributed by atoms with E-state index in [1.54, 1.807) is 26.7 Å². The number of rotatable bonds is 11. The zero-order valence-corrected chi connectivity index (χ0v) is 22.3. The molecule has 1 aliphatic heterocycles. The van der Waals surface area contributed by atoms with Gasteiger partial charge >= 0.3 is 0 Å². The molecule has 2 heterocycles. The number of amides is 2. The zero-order chi connectivity index (χ0) is 26.7. The number of aryl methyl sites for hydroxylation is 2. The molecule has 8 heteroatoms. The molecule has 2 unspecified atom stereocenters. The van der Waals surface area contributed by atoms with Crippen molar-refractivity contribution in [3.63, 3.8) is 0 Å². The Bertz CT molecular complexity index is 1260. The molecular formula is C30H36N4O4. The molecular weight excluding hydrogens is 480 g/mol. The fourth-order valence-electron chi connectivity index (χ4n) is 5.94. The number of H-pyrrole nitrogens is 1. The lowest BCUT2D eigenvalue weighted by molar-refractivity contribution is -0.194. The summed E-state index contributed by atoms with van der Waals surface area (Å²) in [5.41, 5.74) is 4.01. The number of hydrogen-bond acceptors (Lipinski definition) is 5. The number of ether oxygens (including phenoxy) is 2. The van der Waals surface area contributed by atoms with Crippen LogP contribution in [0.2, 0.25) is 0 Å². The van der Waals surface area contributed by atoms with Crippen molar-refractivity contribution in [2.45, 2.75) is 56.7 Å². The van der Waals surface area contributed by atoms with E-state index < -0.39 is 6.04 Å². The highest BCUT2D eigenvalue weighted by molar-refractivity contribution is 5.89. The van der Waals surface area contributed by atoms with Gasteiger partial charge in [0.1, 0.15) is 18.0 Å². The van der Waals surface area contributed by atoms with E-state index in [2.05, 4.69) is 40.4 Å². The molecule has 0 bridgehead atoms. The van der Waals surface area contributed by atoms with Crippen molar-refractivity contribution in [1.82, 2.24) is 20.2 Å². The van der Waals surface area contributed by atoms with E-state index in [-0.39, 0.29) is 29.9 Å². The maximum atomic E-state index is 14.0. The van der Waals surface area contributed by atoms with Crippen LogP contribution in [-0.2, 0) is 32.6 Å². The van der Waals surface area contributed by atoms with Gasteiger partial charge in [-0.1, -0.05) is 36.4 Å². The number of likely N-dealkylation sites (tertiary alicyclic amines) is 1. The molecule has 3 aromatic rings. The summed E-state index contributed by atoms with van der Waals surface area (Å²) in [5.74, 6) is 0.933. The second-order valence-corrected chi connectivity index (χ2v) is 10.4. The summed E-state index contributed by atoms with van der Waals surface area (Å²) in [6.45, 7) is 2.71. The summed E-state index contributed by atoms with van der Waals surface area (Å²) in [5, 5.41) is 3.02. The van der Waals surface area contributed by atoms with Gasteiger partial charge in [0, 0.05) is 32.7 Å². The Morgan fingerprint density at radius 2 is 1.92 bits per heavy atom. The molecule has 1 saturated heterocycles. The lowest BCUT2D eigenvalue weighted by atomic mass is 9.66. The smallest absolute Gasteiger partial charge is 0.247 e. The fraction of sp³-hybridized carbons (Fsp3) is 0.433. The number of nitrogens with zero attached hydrogens (tertiary/aromatic N) is 2. The number of aromatic amines is 1. The number of carbonyl (C=O) groups is 2. The molecule has 0 spiro atoms. The Hall–Kier alpha value is -3.65. The van der Waals surface area contributed by atoms with Gasteiger partial charge in [0.2, 0.25) is 11.8 Å². The second-order valence-electron chi connectivity index (χ2n) is 10.4. The summed E-state index contributed by atoms with van der Waals surface area (Å²) in [7, 11) is 3.30. The van der Waals surface area contributed by atoms with Crippen molar-refractivity contribution in [1.29, 1.82) is 0 Å². The van der Waals surface area contributed by atoms with E-state index in [9.17, 15) is 9.59 Å². The molecule has 2 fully saturated rings. The third-order valence-electron chi connectivity index (χ3n) is 8.01. The molecule has 2 aliphatic rings. The van der Waals surface area contributed by atoms with Crippen LogP contribution in [0.4, 0.5) is 0 Å². The van der Waals surface area contributed by atoms with Crippen LogP contribution in [0.25, 0.3) is 0 Å². The zero-order valence-electron chi connectivity index (χ0n) is 22.3. The van der Waals surface area contributed by atoms with Crippen molar-refractivity contribution < 1.29 is 19.1 Å². The predicted octanol–water partition coefficient (Wildman–Crippen LogP) is 3.55. The Kier molecular flexibility index (Phi) is 7.51. The van der Waals surface area contributed by atoms with Crippen LogP contribution < -0.4 is 10.1 Å². The number of benzene rings is 2. The van der Waals surface area contributed by atoms with Crippen LogP contribution >= 0.6 is 0 Å². The summed E-state index contributed by atoms with van der Waals surface area (Å²) < 4.78 is 11.3. The molecule has 2 amide bonds. The van der Waals surface area contributed by atoms with Crippen LogP contribution in [0.3, 0.4) is 0 Å². The monoisotopic (exact) mass is 516 g/mol. The highest BCUT2D eigenvalue weighted by atomic mass is 16.5. The maximum absolute atomic E-state index is 14.0. The predicted molar refractivity (Wildman–Crippen MR) is 144 cm³/mol. The molecule has 8 nitrogen and oxygen atoms in total. The van der Waals surface area contributed by atoms with Gasteiger partial charge in [-0.3, -0.25) is 9.59 Å².